The highest BCUT2D eigenvalue weighted by molar-refractivity contribution is 5.91. The number of hydrogen-bond acceptors (Lipinski definition) is 4. The number of carboxylic acid groups (broad SMARTS) is 1. The molecule has 1 aromatic heterocycles. The molecular weight excluding hydrogens is 208 g/mol. The van der Waals surface area contributed by atoms with Crippen molar-refractivity contribution in [3.63, 3.8) is 0 Å². The fourth-order valence-electron chi connectivity index (χ4n) is 1.33. The minimum atomic E-state index is -1.23. The minimum Gasteiger partial charge on any atom is -0.550 e. The third-order valence-corrected chi connectivity index (χ3v) is 1.92. The molecule has 1 aromatic rings. The first kappa shape index (κ1) is 12.2. The highest BCUT2D eigenvalue weighted by Crippen LogP contribution is 2.09. The van der Waals surface area contributed by atoms with Gasteiger partial charge in [0.05, 0.1) is 0 Å². The van der Waals surface area contributed by atoms with Crippen molar-refractivity contribution in [2.75, 3.05) is 5.32 Å². The van der Waals surface area contributed by atoms with Crippen LogP contribution in [0.2, 0.25) is 0 Å². The lowest BCUT2D eigenvalue weighted by Crippen LogP contribution is -2.24. The maximum absolute atomic E-state index is 11.3. The van der Waals surface area contributed by atoms with E-state index in [0.717, 1.165) is 11.3 Å². The van der Waals surface area contributed by atoms with Gasteiger partial charge in [0.25, 0.3) is 0 Å². The van der Waals surface area contributed by atoms with Crippen LogP contribution in [0.4, 0.5) is 5.82 Å². The Morgan fingerprint density at radius 3 is 2.56 bits per heavy atom. The number of aromatic nitrogens is 1. The smallest absolute Gasteiger partial charge is 0.225 e. The zero-order chi connectivity index (χ0) is 12.1. The molecule has 0 aromatic carbocycles. The first-order valence-electron chi connectivity index (χ1n) is 4.92. The fourth-order valence-corrected chi connectivity index (χ4v) is 1.33. The van der Waals surface area contributed by atoms with E-state index in [-0.39, 0.29) is 18.7 Å². The van der Waals surface area contributed by atoms with Crippen LogP contribution in [0.25, 0.3) is 0 Å². The fraction of sp³-hybridized carbons (Fsp3) is 0.364. The lowest BCUT2D eigenvalue weighted by atomic mass is 10.2. The van der Waals surface area contributed by atoms with Gasteiger partial charge in [0.1, 0.15) is 5.82 Å². The van der Waals surface area contributed by atoms with E-state index in [1.165, 1.54) is 0 Å². The number of aryl methyl sites for hydroxylation is 2. The molecule has 0 aliphatic rings. The molecule has 0 radical (unpaired) electrons. The van der Waals surface area contributed by atoms with E-state index in [1.54, 1.807) is 6.07 Å². The van der Waals surface area contributed by atoms with Gasteiger partial charge in [0.15, 0.2) is 0 Å². The van der Waals surface area contributed by atoms with Crippen LogP contribution in [-0.2, 0) is 9.59 Å². The molecule has 0 unspecified atom stereocenters. The topological polar surface area (TPSA) is 82.1 Å². The summed E-state index contributed by atoms with van der Waals surface area (Å²) in [5.41, 5.74) is 1.79. The predicted octanol–water partition coefficient (Wildman–Crippen LogP) is 0.167. The van der Waals surface area contributed by atoms with Crippen LogP contribution < -0.4 is 10.4 Å². The summed E-state index contributed by atoms with van der Waals surface area (Å²) in [6, 6.07) is 3.61. The molecule has 0 fully saturated rings. The number of aliphatic carboxylic acids is 1. The third kappa shape index (κ3) is 4.08. The van der Waals surface area contributed by atoms with Gasteiger partial charge in [-0.15, -0.1) is 0 Å². The van der Waals surface area contributed by atoms with Crippen molar-refractivity contribution in [1.82, 2.24) is 4.98 Å². The summed E-state index contributed by atoms with van der Waals surface area (Å²) in [5.74, 6) is -1.16. The first-order valence-corrected chi connectivity index (χ1v) is 4.92. The zero-order valence-corrected chi connectivity index (χ0v) is 9.24. The second kappa shape index (κ2) is 5.25. The first-order chi connectivity index (χ1) is 7.47. The Labute approximate surface area is 93.5 Å². The summed E-state index contributed by atoms with van der Waals surface area (Å²) >= 11 is 0. The molecule has 0 aliphatic carbocycles. The van der Waals surface area contributed by atoms with E-state index >= 15 is 0 Å². The molecule has 1 rings (SSSR count). The second-order valence-electron chi connectivity index (χ2n) is 3.59. The SMILES string of the molecule is Cc1cc(C)nc(NC(=O)CCC(=O)[O-])c1. The molecule has 1 N–H and O–H groups in total. The number of nitrogens with one attached hydrogen (secondary N) is 1. The molecule has 0 aliphatic heterocycles. The summed E-state index contributed by atoms with van der Waals surface area (Å²) in [6.07, 6.45) is -0.381. The second-order valence-corrected chi connectivity index (χ2v) is 3.59. The van der Waals surface area contributed by atoms with Crippen LogP contribution in [-0.4, -0.2) is 16.9 Å². The highest BCUT2D eigenvalue weighted by atomic mass is 16.4. The standard InChI is InChI=1S/C11H14N2O3/c1-7-5-8(2)12-9(6-7)13-10(14)3-4-11(15)16/h5-6H,3-4H2,1-2H3,(H,15,16)(H,12,13,14)/p-1. The molecule has 1 amide bonds. The Balaban J connectivity index is 2.59. The number of anilines is 1. The minimum absolute atomic E-state index is 0.100. The van der Waals surface area contributed by atoms with Crippen molar-refractivity contribution in [1.29, 1.82) is 0 Å². The van der Waals surface area contributed by atoms with Gasteiger partial charge in [-0.25, -0.2) is 4.98 Å². The molecule has 0 bridgehead atoms. The lowest BCUT2D eigenvalue weighted by Gasteiger charge is -2.06. The number of carboxylic acids is 1. The van der Waals surface area contributed by atoms with E-state index < -0.39 is 5.97 Å². The molecule has 86 valence electrons. The Morgan fingerprint density at radius 2 is 2.00 bits per heavy atom. The van der Waals surface area contributed by atoms with Gasteiger partial charge in [-0.2, -0.15) is 0 Å². The highest BCUT2D eigenvalue weighted by Gasteiger charge is 2.04. The van der Waals surface area contributed by atoms with Crippen LogP contribution in [0.3, 0.4) is 0 Å². The zero-order valence-electron chi connectivity index (χ0n) is 9.24. The van der Waals surface area contributed by atoms with Crippen LogP contribution in [0.5, 0.6) is 0 Å². The number of carbonyl (C=O) groups is 2. The molecular formula is C11H13N2O3-. The molecule has 0 atom stereocenters. The molecule has 16 heavy (non-hydrogen) atoms. The molecule has 5 nitrogen and oxygen atoms in total. The van der Waals surface area contributed by atoms with E-state index in [1.807, 2.05) is 19.9 Å². The van der Waals surface area contributed by atoms with Gasteiger partial charge in [-0.3, -0.25) is 4.79 Å². The van der Waals surface area contributed by atoms with Gasteiger partial charge in [0.2, 0.25) is 5.91 Å². The number of amides is 1. The van der Waals surface area contributed by atoms with Crippen LogP contribution in [0, 0.1) is 13.8 Å². The molecule has 0 saturated carbocycles. The van der Waals surface area contributed by atoms with E-state index in [9.17, 15) is 14.7 Å². The molecule has 0 saturated heterocycles. The summed E-state index contributed by atoms with van der Waals surface area (Å²) in [5, 5.41) is 12.7. The predicted molar refractivity (Wildman–Crippen MR) is 56.6 cm³/mol. The number of nitrogens with zero attached hydrogens (tertiary/aromatic N) is 1. The molecule has 5 heteroatoms. The van der Waals surface area contributed by atoms with Gasteiger partial charge in [0, 0.05) is 18.1 Å². The van der Waals surface area contributed by atoms with Gasteiger partial charge >= 0.3 is 0 Å². The summed E-state index contributed by atoms with van der Waals surface area (Å²) in [6.45, 7) is 3.72. The Bertz CT molecular complexity index is 395. The number of pyridine rings is 1. The van der Waals surface area contributed by atoms with Crippen LogP contribution >= 0.6 is 0 Å². The maximum Gasteiger partial charge on any atom is 0.225 e. The van der Waals surface area contributed by atoms with Gasteiger partial charge in [-0.05, 0) is 38.0 Å². The Morgan fingerprint density at radius 1 is 1.31 bits per heavy atom. The van der Waals surface area contributed by atoms with Crippen molar-refractivity contribution in [3.05, 3.63) is 23.4 Å². The van der Waals surface area contributed by atoms with Crippen LogP contribution in [0.15, 0.2) is 12.1 Å². The van der Waals surface area contributed by atoms with Crippen molar-refractivity contribution in [2.45, 2.75) is 26.7 Å². The number of hydrogen-bond donors (Lipinski definition) is 1. The van der Waals surface area contributed by atoms with E-state index in [2.05, 4.69) is 10.3 Å². The molecule has 0 spiro atoms. The van der Waals surface area contributed by atoms with Crippen molar-refractivity contribution in [2.24, 2.45) is 0 Å². The monoisotopic (exact) mass is 221 g/mol. The van der Waals surface area contributed by atoms with Gasteiger partial charge in [-0.1, -0.05) is 0 Å². The quantitative estimate of drug-likeness (QED) is 0.785. The maximum atomic E-state index is 11.3. The number of rotatable bonds is 4. The average molecular weight is 221 g/mol. The third-order valence-electron chi connectivity index (χ3n) is 1.92. The van der Waals surface area contributed by atoms with Crippen molar-refractivity contribution < 1.29 is 14.7 Å². The van der Waals surface area contributed by atoms with Gasteiger partial charge < -0.3 is 15.2 Å². The Kier molecular flexibility index (Phi) is 3.99. The average Bonchev–Trinajstić information content (AvgIpc) is 2.12. The summed E-state index contributed by atoms with van der Waals surface area (Å²) in [4.78, 5) is 25.6. The normalized spacial score (nSPS) is 9.88. The van der Waals surface area contributed by atoms with E-state index in [0.29, 0.717) is 5.82 Å². The number of carbonyl (C=O) groups excluding carboxylic acids is 2. The Hall–Kier alpha value is -1.91. The molecule has 1 heterocycles. The van der Waals surface area contributed by atoms with Crippen LogP contribution in [0.1, 0.15) is 24.1 Å². The summed E-state index contributed by atoms with van der Waals surface area (Å²) < 4.78 is 0. The van der Waals surface area contributed by atoms with E-state index in [4.69, 9.17) is 0 Å². The largest absolute Gasteiger partial charge is 0.550 e. The lowest BCUT2D eigenvalue weighted by molar-refractivity contribution is -0.305. The van der Waals surface area contributed by atoms with Crippen molar-refractivity contribution >= 4 is 17.7 Å². The summed E-state index contributed by atoms with van der Waals surface area (Å²) in [7, 11) is 0. The van der Waals surface area contributed by atoms with Crippen molar-refractivity contribution in [3.8, 4) is 0 Å².